The third kappa shape index (κ3) is 2.55. The molecule has 0 amide bonds. The van der Waals surface area contributed by atoms with Crippen molar-refractivity contribution in [2.45, 2.75) is 20.0 Å². The zero-order chi connectivity index (χ0) is 13.9. The zero-order valence-electron chi connectivity index (χ0n) is 10.9. The first-order valence-corrected chi connectivity index (χ1v) is 7.14. The normalized spacial score (nSPS) is 10.8. The molecule has 20 heavy (non-hydrogen) atoms. The maximum absolute atomic E-state index is 12.0. The quantitative estimate of drug-likeness (QED) is 0.739. The second-order valence-electron chi connectivity index (χ2n) is 4.23. The molecular weight excluding hydrogens is 274 g/mol. The first kappa shape index (κ1) is 12.8. The first-order chi connectivity index (χ1) is 9.76. The van der Waals surface area contributed by atoms with Crippen LogP contribution in [0, 0.1) is 0 Å². The highest BCUT2D eigenvalue weighted by molar-refractivity contribution is 7.16. The molecule has 2 aromatic heterocycles. The molecule has 0 aliphatic carbocycles. The van der Waals surface area contributed by atoms with Crippen LogP contribution in [0.25, 0.3) is 4.96 Å². The average Bonchev–Trinajstić information content (AvgIpc) is 2.90. The summed E-state index contributed by atoms with van der Waals surface area (Å²) in [6.07, 6.45) is 0.795. The molecule has 6 heteroatoms. The van der Waals surface area contributed by atoms with Crippen LogP contribution in [-0.2, 0) is 13.0 Å². The number of fused-ring (bicyclic) bond motifs is 1. The summed E-state index contributed by atoms with van der Waals surface area (Å²) in [5.41, 5.74) is 0.447. The molecule has 0 fully saturated rings. The monoisotopic (exact) mass is 287 g/mol. The van der Waals surface area contributed by atoms with E-state index in [1.165, 1.54) is 21.9 Å². The first-order valence-electron chi connectivity index (χ1n) is 6.33. The molecule has 102 valence electrons. The molecule has 1 aromatic carbocycles. The summed E-state index contributed by atoms with van der Waals surface area (Å²) < 4.78 is 6.95. The Kier molecular flexibility index (Phi) is 3.47. The number of aryl methyl sites for hydroxylation is 1. The lowest BCUT2D eigenvalue weighted by molar-refractivity contribution is 0.301. The molecule has 3 aromatic rings. The molecule has 5 nitrogen and oxygen atoms in total. The standard InChI is InChI=1S/C14H13N3O2S/c1-2-12-16-17-13(18)8-10(15-14(17)20-12)9-19-11-6-4-3-5-7-11/h3-8H,2,9H2,1H3. The van der Waals surface area contributed by atoms with Gasteiger partial charge in [0, 0.05) is 6.07 Å². The summed E-state index contributed by atoms with van der Waals surface area (Å²) in [4.78, 5) is 17.0. The van der Waals surface area contributed by atoms with E-state index in [1.54, 1.807) is 0 Å². The number of benzene rings is 1. The average molecular weight is 287 g/mol. The fourth-order valence-electron chi connectivity index (χ4n) is 1.79. The highest BCUT2D eigenvalue weighted by Gasteiger charge is 2.08. The molecule has 0 saturated heterocycles. The van der Waals surface area contributed by atoms with Gasteiger partial charge in [0.15, 0.2) is 0 Å². The van der Waals surface area contributed by atoms with Gasteiger partial charge in [-0.15, -0.1) is 0 Å². The summed E-state index contributed by atoms with van der Waals surface area (Å²) >= 11 is 1.43. The molecule has 0 saturated carbocycles. The van der Waals surface area contributed by atoms with E-state index in [0.717, 1.165) is 17.2 Å². The summed E-state index contributed by atoms with van der Waals surface area (Å²) in [7, 11) is 0. The number of rotatable bonds is 4. The summed E-state index contributed by atoms with van der Waals surface area (Å²) in [5.74, 6) is 0.757. The molecule has 0 spiro atoms. The van der Waals surface area contributed by atoms with Gasteiger partial charge in [-0.05, 0) is 18.6 Å². The molecular formula is C14H13N3O2S. The fourth-order valence-corrected chi connectivity index (χ4v) is 2.64. The van der Waals surface area contributed by atoms with Gasteiger partial charge in [-0.25, -0.2) is 4.98 Å². The molecule has 0 radical (unpaired) electrons. The summed E-state index contributed by atoms with van der Waals surface area (Å²) in [6, 6.07) is 10.9. The molecule has 0 unspecified atom stereocenters. The minimum absolute atomic E-state index is 0.169. The fraction of sp³-hybridized carbons (Fsp3) is 0.214. The van der Waals surface area contributed by atoms with Crippen LogP contribution in [0.3, 0.4) is 0 Å². The molecule has 0 aliphatic heterocycles. The van der Waals surface area contributed by atoms with E-state index in [0.29, 0.717) is 10.7 Å². The third-order valence-electron chi connectivity index (χ3n) is 2.77. The van der Waals surface area contributed by atoms with Gasteiger partial charge in [-0.2, -0.15) is 9.61 Å². The van der Waals surface area contributed by atoms with Gasteiger partial charge in [0.1, 0.15) is 17.4 Å². The smallest absolute Gasteiger partial charge is 0.275 e. The predicted molar refractivity (Wildman–Crippen MR) is 77.3 cm³/mol. The number of para-hydroxylation sites is 1. The van der Waals surface area contributed by atoms with Gasteiger partial charge < -0.3 is 4.74 Å². The van der Waals surface area contributed by atoms with Crippen LogP contribution in [0.4, 0.5) is 0 Å². The van der Waals surface area contributed by atoms with Crippen LogP contribution in [0.2, 0.25) is 0 Å². The van der Waals surface area contributed by atoms with E-state index in [-0.39, 0.29) is 12.2 Å². The van der Waals surface area contributed by atoms with E-state index in [1.807, 2.05) is 37.3 Å². The van der Waals surface area contributed by atoms with Gasteiger partial charge in [-0.1, -0.05) is 36.5 Å². The second kappa shape index (κ2) is 5.42. The number of nitrogens with zero attached hydrogens (tertiary/aromatic N) is 3. The zero-order valence-corrected chi connectivity index (χ0v) is 11.8. The lowest BCUT2D eigenvalue weighted by Gasteiger charge is -2.04. The number of ether oxygens (including phenoxy) is 1. The Balaban J connectivity index is 1.87. The van der Waals surface area contributed by atoms with Crippen LogP contribution in [0.15, 0.2) is 41.2 Å². The Bertz CT molecular complexity index is 780. The van der Waals surface area contributed by atoms with Crippen molar-refractivity contribution >= 4 is 16.3 Å². The Hall–Kier alpha value is -2.21. The largest absolute Gasteiger partial charge is 0.487 e. The van der Waals surface area contributed by atoms with E-state index in [2.05, 4.69) is 10.1 Å². The number of hydrogen-bond acceptors (Lipinski definition) is 5. The van der Waals surface area contributed by atoms with E-state index in [9.17, 15) is 4.79 Å². The molecule has 3 rings (SSSR count). The van der Waals surface area contributed by atoms with Crippen molar-refractivity contribution in [3.05, 3.63) is 57.5 Å². The van der Waals surface area contributed by atoms with E-state index >= 15 is 0 Å². The van der Waals surface area contributed by atoms with Crippen LogP contribution in [0.1, 0.15) is 17.6 Å². The molecule has 0 aliphatic rings. The maximum atomic E-state index is 12.0. The summed E-state index contributed by atoms with van der Waals surface area (Å²) in [6.45, 7) is 2.28. The molecule has 0 bridgehead atoms. The third-order valence-corrected chi connectivity index (χ3v) is 3.83. The topological polar surface area (TPSA) is 56.5 Å². The van der Waals surface area contributed by atoms with Gasteiger partial charge >= 0.3 is 0 Å². The highest BCUT2D eigenvalue weighted by Crippen LogP contribution is 2.13. The Morgan fingerprint density at radius 3 is 2.85 bits per heavy atom. The lowest BCUT2D eigenvalue weighted by Crippen LogP contribution is -2.16. The van der Waals surface area contributed by atoms with E-state index in [4.69, 9.17) is 4.74 Å². The van der Waals surface area contributed by atoms with Crippen LogP contribution >= 0.6 is 11.3 Å². The van der Waals surface area contributed by atoms with Crippen molar-refractivity contribution in [3.63, 3.8) is 0 Å². The van der Waals surface area contributed by atoms with E-state index < -0.39 is 0 Å². The van der Waals surface area contributed by atoms with Crippen molar-refractivity contribution in [2.24, 2.45) is 0 Å². The Morgan fingerprint density at radius 2 is 2.10 bits per heavy atom. The minimum Gasteiger partial charge on any atom is -0.487 e. The molecule has 0 atom stereocenters. The second-order valence-corrected chi connectivity index (χ2v) is 5.27. The van der Waals surface area contributed by atoms with Crippen LogP contribution < -0.4 is 10.3 Å². The van der Waals surface area contributed by atoms with Gasteiger partial charge in [0.25, 0.3) is 5.56 Å². The van der Waals surface area contributed by atoms with Crippen molar-refractivity contribution in [1.82, 2.24) is 14.6 Å². The lowest BCUT2D eigenvalue weighted by atomic mass is 10.3. The SMILES string of the molecule is CCc1nn2c(=O)cc(COc3ccccc3)nc2s1. The maximum Gasteiger partial charge on any atom is 0.275 e. The minimum atomic E-state index is -0.169. The number of aromatic nitrogens is 3. The van der Waals surface area contributed by atoms with Gasteiger partial charge in [-0.3, -0.25) is 4.79 Å². The Morgan fingerprint density at radius 1 is 1.30 bits per heavy atom. The van der Waals surface area contributed by atoms with Gasteiger partial charge in [0.2, 0.25) is 4.96 Å². The molecule has 0 N–H and O–H groups in total. The Labute approximate surface area is 119 Å². The van der Waals surface area contributed by atoms with Crippen LogP contribution in [-0.4, -0.2) is 14.6 Å². The highest BCUT2D eigenvalue weighted by atomic mass is 32.1. The van der Waals surface area contributed by atoms with Gasteiger partial charge in [0.05, 0.1) is 5.69 Å². The van der Waals surface area contributed by atoms with Crippen molar-refractivity contribution in [1.29, 1.82) is 0 Å². The number of hydrogen-bond donors (Lipinski definition) is 0. The summed E-state index contributed by atoms with van der Waals surface area (Å²) in [5, 5.41) is 5.11. The molecule has 2 heterocycles. The van der Waals surface area contributed by atoms with Crippen molar-refractivity contribution < 1.29 is 4.74 Å². The van der Waals surface area contributed by atoms with Crippen molar-refractivity contribution in [2.75, 3.05) is 0 Å². The van der Waals surface area contributed by atoms with Crippen molar-refractivity contribution in [3.8, 4) is 5.75 Å². The predicted octanol–water partition coefficient (Wildman–Crippen LogP) is 2.29. The van der Waals surface area contributed by atoms with Crippen LogP contribution in [0.5, 0.6) is 5.75 Å².